The van der Waals surface area contributed by atoms with Gasteiger partial charge in [-0.3, -0.25) is 14.7 Å². The zero-order valence-corrected chi connectivity index (χ0v) is 15.2. The number of para-hydroxylation sites is 1. The number of nitrogens with zero attached hydrogens (tertiary/aromatic N) is 3. The van der Waals surface area contributed by atoms with Gasteiger partial charge in [0.1, 0.15) is 6.61 Å². The summed E-state index contributed by atoms with van der Waals surface area (Å²) in [6.07, 6.45) is 4.83. The van der Waals surface area contributed by atoms with E-state index in [0.717, 1.165) is 38.3 Å². The maximum atomic E-state index is 12.6. The van der Waals surface area contributed by atoms with E-state index in [1.54, 1.807) is 0 Å². The first-order valence-corrected chi connectivity index (χ1v) is 9.20. The highest BCUT2D eigenvalue weighted by Gasteiger charge is 2.43. The van der Waals surface area contributed by atoms with Crippen LogP contribution < -0.4 is 4.90 Å². The van der Waals surface area contributed by atoms with Crippen molar-refractivity contribution >= 4 is 11.6 Å². The average Bonchev–Trinajstić information content (AvgIpc) is 2.97. The van der Waals surface area contributed by atoms with Gasteiger partial charge in [-0.15, -0.1) is 0 Å². The van der Waals surface area contributed by atoms with Gasteiger partial charge < -0.3 is 9.64 Å². The number of anilines is 1. The first-order chi connectivity index (χ1) is 12.7. The summed E-state index contributed by atoms with van der Waals surface area (Å²) in [6.45, 7) is 6.55. The number of pyridine rings is 1. The Hall–Kier alpha value is -2.24. The van der Waals surface area contributed by atoms with Crippen LogP contribution in [0.5, 0.6) is 0 Å². The molecule has 2 saturated heterocycles. The number of ether oxygens (including phenoxy) is 1. The Bertz CT molecular complexity index is 780. The van der Waals surface area contributed by atoms with Gasteiger partial charge in [-0.1, -0.05) is 18.2 Å². The molecule has 3 heterocycles. The lowest BCUT2D eigenvalue weighted by Crippen LogP contribution is -2.42. The summed E-state index contributed by atoms with van der Waals surface area (Å²) in [5, 5.41) is 0. The van der Waals surface area contributed by atoms with Crippen molar-refractivity contribution < 1.29 is 9.53 Å². The summed E-state index contributed by atoms with van der Waals surface area (Å²) < 4.78 is 5.79. The molecule has 1 unspecified atom stereocenters. The van der Waals surface area contributed by atoms with Gasteiger partial charge in [0.25, 0.3) is 5.91 Å². The van der Waals surface area contributed by atoms with Crippen molar-refractivity contribution in [3.05, 3.63) is 59.9 Å². The molecule has 5 nitrogen and oxygen atoms in total. The van der Waals surface area contributed by atoms with Crippen LogP contribution in [-0.2, 0) is 16.1 Å². The second-order valence-electron chi connectivity index (χ2n) is 7.57. The molecule has 0 aliphatic carbocycles. The number of aromatic nitrogens is 1. The molecule has 1 aromatic heterocycles. The van der Waals surface area contributed by atoms with Gasteiger partial charge in [0.2, 0.25) is 0 Å². The standard InChI is InChI=1S/C21H25N3O2/c1-17-11-22-9-7-18(17)12-23-10-8-21(14-23)15-24(20(25)13-26-16-21)19-5-3-2-4-6-19/h2-7,9,11H,8,10,12-16H2,1H3. The van der Waals surface area contributed by atoms with Gasteiger partial charge in [-0.2, -0.15) is 0 Å². The van der Waals surface area contributed by atoms with Gasteiger partial charge in [0, 0.05) is 43.1 Å². The lowest BCUT2D eigenvalue weighted by molar-refractivity contribution is -0.122. The highest BCUT2D eigenvalue weighted by Crippen LogP contribution is 2.36. The van der Waals surface area contributed by atoms with Crippen LogP contribution in [0.15, 0.2) is 48.8 Å². The van der Waals surface area contributed by atoms with Crippen molar-refractivity contribution in [1.29, 1.82) is 0 Å². The highest BCUT2D eigenvalue weighted by molar-refractivity contribution is 5.94. The maximum Gasteiger partial charge on any atom is 0.252 e. The lowest BCUT2D eigenvalue weighted by atomic mass is 9.87. The molecule has 0 saturated carbocycles. The van der Waals surface area contributed by atoms with Crippen molar-refractivity contribution in [3.8, 4) is 0 Å². The minimum atomic E-state index is 0.00291. The van der Waals surface area contributed by atoms with Gasteiger partial charge in [-0.25, -0.2) is 0 Å². The summed E-state index contributed by atoms with van der Waals surface area (Å²) in [4.78, 5) is 21.1. The topological polar surface area (TPSA) is 45.7 Å². The molecule has 0 N–H and O–H groups in total. The van der Waals surface area contributed by atoms with E-state index in [0.29, 0.717) is 6.61 Å². The number of carbonyl (C=O) groups is 1. The molecule has 1 spiro atoms. The average molecular weight is 351 g/mol. The molecular formula is C21H25N3O2. The van der Waals surface area contributed by atoms with Crippen LogP contribution in [0.1, 0.15) is 17.5 Å². The Labute approximate surface area is 154 Å². The predicted octanol–water partition coefficient (Wildman–Crippen LogP) is 2.65. The maximum absolute atomic E-state index is 12.6. The first-order valence-electron chi connectivity index (χ1n) is 9.20. The third kappa shape index (κ3) is 3.50. The number of benzene rings is 1. The molecule has 0 bridgehead atoms. The van der Waals surface area contributed by atoms with E-state index in [9.17, 15) is 4.79 Å². The Kier molecular flexibility index (Phi) is 4.74. The molecule has 2 aromatic rings. The fourth-order valence-corrected chi connectivity index (χ4v) is 4.08. The molecular weight excluding hydrogens is 326 g/mol. The second-order valence-corrected chi connectivity index (χ2v) is 7.57. The summed E-state index contributed by atoms with van der Waals surface area (Å²) in [7, 11) is 0. The van der Waals surface area contributed by atoms with E-state index in [1.807, 2.05) is 47.6 Å². The van der Waals surface area contributed by atoms with Crippen molar-refractivity contribution in [2.45, 2.75) is 19.9 Å². The molecule has 1 atom stereocenters. The van der Waals surface area contributed by atoms with Crippen molar-refractivity contribution in [1.82, 2.24) is 9.88 Å². The molecule has 26 heavy (non-hydrogen) atoms. The number of carbonyl (C=O) groups excluding carboxylic acids is 1. The zero-order valence-electron chi connectivity index (χ0n) is 15.2. The Morgan fingerprint density at radius 3 is 2.85 bits per heavy atom. The van der Waals surface area contributed by atoms with Crippen molar-refractivity contribution in [2.75, 3.05) is 37.7 Å². The third-order valence-corrected chi connectivity index (χ3v) is 5.54. The van der Waals surface area contributed by atoms with Gasteiger partial charge in [-0.05, 0) is 49.2 Å². The van der Waals surface area contributed by atoms with E-state index in [-0.39, 0.29) is 17.9 Å². The molecule has 4 rings (SSSR count). The Balaban J connectivity index is 1.51. The second kappa shape index (κ2) is 7.17. The van der Waals surface area contributed by atoms with Crippen LogP contribution in [0.3, 0.4) is 0 Å². The van der Waals surface area contributed by atoms with Crippen LogP contribution >= 0.6 is 0 Å². The SMILES string of the molecule is Cc1cnccc1CN1CCC2(COCC(=O)N(c3ccccc3)C2)C1. The van der Waals surface area contributed by atoms with E-state index < -0.39 is 0 Å². The van der Waals surface area contributed by atoms with Crippen LogP contribution in [0.25, 0.3) is 0 Å². The molecule has 2 aliphatic rings. The lowest BCUT2D eigenvalue weighted by Gasteiger charge is -2.32. The normalized spacial score (nSPS) is 24.2. The van der Waals surface area contributed by atoms with E-state index in [2.05, 4.69) is 22.9 Å². The number of hydrogen-bond acceptors (Lipinski definition) is 4. The van der Waals surface area contributed by atoms with E-state index >= 15 is 0 Å². The summed E-state index contributed by atoms with van der Waals surface area (Å²) in [5.74, 6) is 0.0523. The molecule has 2 aliphatic heterocycles. The Morgan fingerprint density at radius 2 is 2.04 bits per heavy atom. The minimum Gasteiger partial charge on any atom is -0.371 e. The van der Waals surface area contributed by atoms with Crippen LogP contribution in [0, 0.1) is 12.3 Å². The smallest absolute Gasteiger partial charge is 0.252 e. The third-order valence-electron chi connectivity index (χ3n) is 5.54. The summed E-state index contributed by atoms with van der Waals surface area (Å²) >= 11 is 0. The number of aryl methyl sites for hydroxylation is 1. The molecule has 2 fully saturated rings. The largest absolute Gasteiger partial charge is 0.371 e. The van der Waals surface area contributed by atoms with Crippen molar-refractivity contribution in [3.63, 3.8) is 0 Å². The summed E-state index contributed by atoms with van der Waals surface area (Å²) in [6, 6.07) is 12.0. The quantitative estimate of drug-likeness (QED) is 0.853. The van der Waals surface area contributed by atoms with Crippen LogP contribution in [0.4, 0.5) is 5.69 Å². The predicted molar refractivity (Wildman–Crippen MR) is 101 cm³/mol. The van der Waals surface area contributed by atoms with Gasteiger partial charge in [0.05, 0.1) is 6.61 Å². The van der Waals surface area contributed by atoms with Crippen LogP contribution in [0.2, 0.25) is 0 Å². The number of likely N-dealkylation sites (tertiary alicyclic amines) is 1. The molecule has 1 amide bonds. The fourth-order valence-electron chi connectivity index (χ4n) is 4.08. The number of amides is 1. The highest BCUT2D eigenvalue weighted by atomic mass is 16.5. The van der Waals surface area contributed by atoms with Crippen LogP contribution in [-0.4, -0.2) is 48.6 Å². The number of rotatable bonds is 3. The van der Waals surface area contributed by atoms with E-state index in [1.165, 1.54) is 11.1 Å². The fraction of sp³-hybridized carbons (Fsp3) is 0.429. The van der Waals surface area contributed by atoms with E-state index in [4.69, 9.17) is 4.74 Å². The van der Waals surface area contributed by atoms with Gasteiger partial charge in [0.15, 0.2) is 0 Å². The molecule has 1 aromatic carbocycles. The minimum absolute atomic E-state index is 0.00291. The Morgan fingerprint density at radius 1 is 1.19 bits per heavy atom. The molecule has 136 valence electrons. The molecule has 0 radical (unpaired) electrons. The molecule has 5 heteroatoms. The van der Waals surface area contributed by atoms with Crippen molar-refractivity contribution in [2.24, 2.45) is 5.41 Å². The number of hydrogen-bond donors (Lipinski definition) is 0. The summed E-state index contributed by atoms with van der Waals surface area (Å²) in [5.41, 5.74) is 3.52. The zero-order chi connectivity index (χ0) is 18.0. The first kappa shape index (κ1) is 17.2. The monoisotopic (exact) mass is 351 g/mol. The van der Waals surface area contributed by atoms with Gasteiger partial charge >= 0.3 is 0 Å².